The van der Waals surface area contributed by atoms with E-state index in [0.717, 1.165) is 24.7 Å². The van der Waals surface area contributed by atoms with Crippen molar-refractivity contribution >= 4 is 8.07 Å². The smallest absolute Gasteiger partial charge is 0.0928 e. The van der Waals surface area contributed by atoms with Crippen LogP contribution in [0.1, 0.15) is 6.92 Å². The predicted octanol–water partition coefficient (Wildman–Crippen LogP) is 4.08. The molecule has 0 aliphatic carbocycles. The summed E-state index contributed by atoms with van der Waals surface area (Å²) in [6, 6.07) is 3.15. The van der Waals surface area contributed by atoms with Gasteiger partial charge in [0, 0.05) is 0 Å². The van der Waals surface area contributed by atoms with Gasteiger partial charge < -0.3 is 4.74 Å². The monoisotopic (exact) mass is 222 g/mol. The molecule has 0 aromatic heterocycles. The Hall–Kier alpha value is -1.02. The maximum Gasteiger partial charge on any atom is 0.0928 e. The predicted molar refractivity (Wildman–Crippen MR) is 71.5 cm³/mol. The van der Waals surface area contributed by atoms with Crippen LogP contribution < -0.4 is 0 Å². The fraction of sp³-hybridized carbons (Fsp3) is 0.385. The van der Waals surface area contributed by atoms with Crippen molar-refractivity contribution in [3.63, 3.8) is 0 Å². The van der Waals surface area contributed by atoms with Crippen LogP contribution in [0.4, 0.5) is 0 Å². The minimum Gasteiger partial charge on any atom is -0.502 e. The molecule has 0 unspecified atom stereocenters. The summed E-state index contributed by atoms with van der Waals surface area (Å²) in [5.74, 6) is 0. The molecule has 0 heterocycles. The highest BCUT2D eigenvalue weighted by atomic mass is 28.3. The summed E-state index contributed by atoms with van der Waals surface area (Å²) in [7, 11) is -1.49. The Balaban J connectivity index is 4.65. The SMILES string of the molecule is C=CC[Si](C=COCC)(CC=C)CC=C. The van der Waals surface area contributed by atoms with Crippen LogP contribution in [0.15, 0.2) is 49.9 Å². The molecule has 0 saturated carbocycles. The molecule has 0 radical (unpaired) electrons. The van der Waals surface area contributed by atoms with Gasteiger partial charge in [0.2, 0.25) is 0 Å². The molecule has 84 valence electrons. The quantitative estimate of drug-likeness (QED) is 0.324. The summed E-state index contributed by atoms with van der Waals surface area (Å²) in [5.41, 5.74) is 2.24. The van der Waals surface area contributed by atoms with E-state index >= 15 is 0 Å². The van der Waals surface area contributed by atoms with Gasteiger partial charge >= 0.3 is 0 Å². The Kier molecular flexibility index (Phi) is 7.73. The summed E-state index contributed by atoms with van der Waals surface area (Å²) < 4.78 is 5.28. The van der Waals surface area contributed by atoms with Crippen LogP contribution in [0.25, 0.3) is 0 Å². The van der Waals surface area contributed by atoms with Gasteiger partial charge in [-0.1, -0.05) is 23.9 Å². The summed E-state index contributed by atoms with van der Waals surface area (Å²) in [5, 5.41) is 0. The highest BCUT2D eigenvalue weighted by Gasteiger charge is 2.25. The molecule has 0 amide bonds. The van der Waals surface area contributed by atoms with Crippen molar-refractivity contribution in [1.82, 2.24) is 0 Å². The van der Waals surface area contributed by atoms with Crippen LogP contribution in [-0.2, 0) is 4.74 Å². The van der Waals surface area contributed by atoms with Crippen molar-refractivity contribution in [3.05, 3.63) is 49.9 Å². The summed E-state index contributed by atoms with van der Waals surface area (Å²) in [6.45, 7) is 14.2. The lowest BCUT2D eigenvalue weighted by Gasteiger charge is -2.24. The molecule has 0 rings (SSSR count). The van der Waals surface area contributed by atoms with Gasteiger partial charge in [-0.05, 0) is 25.1 Å². The largest absolute Gasteiger partial charge is 0.502 e. The molecule has 0 aliphatic rings. The van der Waals surface area contributed by atoms with Crippen molar-refractivity contribution < 1.29 is 4.74 Å². The zero-order valence-electron chi connectivity index (χ0n) is 9.74. The second kappa shape index (κ2) is 8.30. The molecule has 0 saturated heterocycles. The fourth-order valence-corrected chi connectivity index (χ4v) is 4.62. The molecule has 0 N–H and O–H groups in total. The molecule has 1 nitrogen and oxygen atoms in total. The molecular weight excluding hydrogens is 200 g/mol. The van der Waals surface area contributed by atoms with Crippen LogP contribution >= 0.6 is 0 Å². The van der Waals surface area contributed by atoms with E-state index in [-0.39, 0.29) is 0 Å². The van der Waals surface area contributed by atoms with Crippen LogP contribution in [0.3, 0.4) is 0 Å². The Morgan fingerprint density at radius 1 is 1.00 bits per heavy atom. The van der Waals surface area contributed by atoms with Gasteiger partial charge in [-0.25, -0.2) is 0 Å². The maximum absolute atomic E-state index is 5.28. The summed E-state index contributed by atoms with van der Waals surface area (Å²) in [4.78, 5) is 0. The Labute approximate surface area is 94.9 Å². The molecule has 0 fully saturated rings. The molecule has 0 spiro atoms. The number of allylic oxidation sites excluding steroid dienone is 3. The lowest BCUT2D eigenvalue weighted by Crippen LogP contribution is -2.29. The highest BCUT2D eigenvalue weighted by molar-refractivity contribution is 6.85. The first-order valence-corrected chi connectivity index (χ1v) is 8.06. The first-order chi connectivity index (χ1) is 7.24. The van der Waals surface area contributed by atoms with Gasteiger partial charge in [0.05, 0.1) is 20.9 Å². The van der Waals surface area contributed by atoms with E-state index in [4.69, 9.17) is 4.74 Å². The normalized spacial score (nSPS) is 11.3. The van der Waals surface area contributed by atoms with E-state index < -0.39 is 8.07 Å². The van der Waals surface area contributed by atoms with Crippen LogP contribution in [0.5, 0.6) is 0 Å². The van der Waals surface area contributed by atoms with Gasteiger partial charge in [-0.3, -0.25) is 0 Å². The van der Waals surface area contributed by atoms with Crippen molar-refractivity contribution in [2.24, 2.45) is 0 Å². The summed E-state index contributed by atoms with van der Waals surface area (Å²) >= 11 is 0. The number of ether oxygens (including phenoxy) is 1. The zero-order chi connectivity index (χ0) is 11.6. The highest BCUT2D eigenvalue weighted by Crippen LogP contribution is 2.24. The maximum atomic E-state index is 5.28. The van der Waals surface area contributed by atoms with Crippen molar-refractivity contribution in [2.75, 3.05) is 6.61 Å². The van der Waals surface area contributed by atoms with Crippen molar-refractivity contribution in [1.29, 1.82) is 0 Å². The molecule has 0 aromatic rings. The van der Waals surface area contributed by atoms with Gasteiger partial charge in [-0.15, -0.1) is 19.7 Å². The zero-order valence-corrected chi connectivity index (χ0v) is 10.7. The molecule has 15 heavy (non-hydrogen) atoms. The number of hydrogen-bond acceptors (Lipinski definition) is 1. The van der Waals surface area contributed by atoms with Gasteiger partial charge in [0.25, 0.3) is 0 Å². The topological polar surface area (TPSA) is 9.23 Å². The average molecular weight is 222 g/mol. The standard InChI is InChI=1S/C13H22OSi/c1-5-10-15(11-6-2,12-7-3)13-9-14-8-4/h5-7,9,13H,1-3,8,10-12H2,4H3. The summed E-state index contributed by atoms with van der Waals surface area (Å²) in [6.07, 6.45) is 7.82. The van der Waals surface area contributed by atoms with E-state index in [9.17, 15) is 0 Å². The van der Waals surface area contributed by atoms with E-state index in [1.165, 1.54) is 0 Å². The molecule has 0 atom stereocenters. The van der Waals surface area contributed by atoms with Crippen LogP contribution in [0.2, 0.25) is 18.1 Å². The molecule has 0 aromatic carbocycles. The van der Waals surface area contributed by atoms with Crippen molar-refractivity contribution in [3.8, 4) is 0 Å². The van der Waals surface area contributed by atoms with Gasteiger partial charge in [0.1, 0.15) is 0 Å². The lowest BCUT2D eigenvalue weighted by atomic mass is 10.7. The molecular formula is C13H22OSi. The fourth-order valence-electron chi connectivity index (χ4n) is 1.61. The lowest BCUT2D eigenvalue weighted by molar-refractivity contribution is 0.269. The minimum absolute atomic E-state index is 0.719. The van der Waals surface area contributed by atoms with E-state index in [2.05, 4.69) is 25.4 Å². The minimum atomic E-state index is -1.49. The third-order valence-corrected chi connectivity index (χ3v) is 6.49. The van der Waals surface area contributed by atoms with Crippen LogP contribution in [-0.4, -0.2) is 14.7 Å². The molecule has 2 heteroatoms. The Morgan fingerprint density at radius 2 is 1.47 bits per heavy atom. The first-order valence-electron chi connectivity index (χ1n) is 5.36. The molecule has 0 bridgehead atoms. The third-order valence-electron chi connectivity index (χ3n) is 2.34. The molecule has 0 aliphatic heterocycles. The number of rotatable bonds is 9. The van der Waals surface area contributed by atoms with Crippen molar-refractivity contribution in [2.45, 2.75) is 25.1 Å². The average Bonchev–Trinajstić information content (AvgIpc) is 2.19. The van der Waals surface area contributed by atoms with Gasteiger partial charge in [0.15, 0.2) is 0 Å². The van der Waals surface area contributed by atoms with E-state index in [0.29, 0.717) is 0 Å². The second-order valence-corrected chi connectivity index (χ2v) is 7.88. The Morgan fingerprint density at radius 3 is 1.80 bits per heavy atom. The second-order valence-electron chi connectivity index (χ2n) is 3.60. The van der Waals surface area contributed by atoms with Gasteiger partial charge in [-0.2, -0.15) is 0 Å². The van der Waals surface area contributed by atoms with E-state index in [1.807, 2.05) is 31.4 Å². The third kappa shape index (κ3) is 5.43. The van der Waals surface area contributed by atoms with E-state index in [1.54, 1.807) is 0 Å². The first kappa shape index (κ1) is 14.0. The number of hydrogen-bond donors (Lipinski definition) is 0. The van der Waals surface area contributed by atoms with Crippen LogP contribution in [0, 0.1) is 0 Å². The Bertz CT molecular complexity index is 204.